The van der Waals surface area contributed by atoms with E-state index in [-0.39, 0.29) is 0 Å². The molecule has 0 saturated heterocycles. The van der Waals surface area contributed by atoms with Crippen molar-refractivity contribution >= 4 is 34.7 Å². The summed E-state index contributed by atoms with van der Waals surface area (Å²) in [6, 6.07) is 23.8. The molecule has 1 N–H and O–H groups in total. The molecule has 5 rings (SSSR count). The Morgan fingerprint density at radius 3 is 2.65 bits per heavy atom. The van der Waals surface area contributed by atoms with Crippen LogP contribution in [0.5, 0.6) is 0 Å². The van der Waals surface area contributed by atoms with Crippen LogP contribution in [0.25, 0.3) is 0 Å². The first-order valence-corrected chi connectivity index (χ1v) is 13.0. The van der Waals surface area contributed by atoms with Crippen LogP contribution in [-0.4, -0.2) is 38.6 Å². The number of aryl methyl sites for hydroxylation is 1. The average molecular weight is 490 g/mol. The van der Waals surface area contributed by atoms with Crippen LogP contribution < -0.4 is 10.2 Å². The number of hydrogen-bond acceptors (Lipinski definition) is 4. The molecule has 1 aliphatic carbocycles. The minimum absolute atomic E-state index is 0.479. The van der Waals surface area contributed by atoms with E-state index in [1.54, 1.807) is 0 Å². The molecule has 0 fully saturated rings. The number of benzene rings is 3. The molecule has 5 heteroatoms. The van der Waals surface area contributed by atoms with Gasteiger partial charge in [-0.05, 0) is 81.4 Å². The highest BCUT2D eigenvalue weighted by Gasteiger charge is 2.23. The van der Waals surface area contributed by atoms with E-state index in [1.165, 1.54) is 45.1 Å². The SMILES string of the molecule is C#CCN[C@@H]1CCc2ccccc21.CN(C)CCCN1c2ccccc2Sc2ccc(Cl)cc21. The average Bonchev–Trinajstić information content (AvgIpc) is 3.26. The van der Waals surface area contributed by atoms with Crippen molar-refractivity contribution in [1.29, 1.82) is 0 Å². The Morgan fingerprint density at radius 1 is 1.06 bits per heavy atom. The zero-order chi connectivity index (χ0) is 23.9. The first-order chi connectivity index (χ1) is 16.6. The Morgan fingerprint density at radius 2 is 1.82 bits per heavy atom. The van der Waals surface area contributed by atoms with E-state index in [9.17, 15) is 0 Å². The number of rotatable bonds is 6. The fourth-order valence-corrected chi connectivity index (χ4v) is 5.78. The van der Waals surface area contributed by atoms with Gasteiger partial charge in [0.25, 0.3) is 0 Å². The molecular weight excluding hydrogens is 458 g/mol. The molecule has 3 nitrogen and oxygen atoms in total. The minimum atomic E-state index is 0.479. The molecule has 0 bridgehead atoms. The second-order valence-electron chi connectivity index (χ2n) is 8.87. The molecule has 3 aromatic carbocycles. The van der Waals surface area contributed by atoms with E-state index in [2.05, 4.69) is 95.8 Å². The number of anilines is 2. The molecule has 0 spiro atoms. The van der Waals surface area contributed by atoms with Crippen LogP contribution in [-0.2, 0) is 6.42 Å². The maximum absolute atomic E-state index is 6.21. The van der Waals surface area contributed by atoms with Gasteiger partial charge in [-0.15, -0.1) is 6.42 Å². The quantitative estimate of drug-likeness (QED) is 0.384. The lowest BCUT2D eigenvalue weighted by molar-refractivity contribution is 0.402. The van der Waals surface area contributed by atoms with Crippen LogP contribution in [0, 0.1) is 12.3 Å². The van der Waals surface area contributed by atoms with Gasteiger partial charge in [-0.2, -0.15) is 0 Å². The van der Waals surface area contributed by atoms with Crippen molar-refractivity contribution in [2.75, 3.05) is 38.6 Å². The molecule has 1 atom stereocenters. The van der Waals surface area contributed by atoms with Crippen LogP contribution in [0.4, 0.5) is 11.4 Å². The van der Waals surface area contributed by atoms with Gasteiger partial charge < -0.3 is 9.80 Å². The predicted molar refractivity (Wildman–Crippen MR) is 147 cm³/mol. The topological polar surface area (TPSA) is 18.5 Å². The van der Waals surface area contributed by atoms with E-state index in [1.807, 2.05) is 17.8 Å². The van der Waals surface area contributed by atoms with Crippen molar-refractivity contribution in [2.24, 2.45) is 0 Å². The maximum Gasteiger partial charge on any atom is 0.0578 e. The second kappa shape index (κ2) is 11.8. The van der Waals surface area contributed by atoms with Gasteiger partial charge in [0, 0.05) is 27.4 Å². The summed E-state index contributed by atoms with van der Waals surface area (Å²) in [4.78, 5) is 7.22. The van der Waals surface area contributed by atoms with Gasteiger partial charge in [-0.3, -0.25) is 5.32 Å². The summed E-state index contributed by atoms with van der Waals surface area (Å²) in [5.74, 6) is 2.61. The third kappa shape index (κ3) is 5.98. The van der Waals surface area contributed by atoms with Crippen molar-refractivity contribution in [3.8, 4) is 12.3 Å². The first kappa shape index (κ1) is 24.7. The predicted octanol–water partition coefficient (Wildman–Crippen LogP) is 6.79. The van der Waals surface area contributed by atoms with Gasteiger partial charge in [0.1, 0.15) is 0 Å². The molecular formula is C29H32ClN3S. The summed E-state index contributed by atoms with van der Waals surface area (Å²) in [5.41, 5.74) is 5.41. The van der Waals surface area contributed by atoms with Crippen LogP contribution in [0.3, 0.4) is 0 Å². The van der Waals surface area contributed by atoms with Crippen LogP contribution in [0.1, 0.15) is 30.0 Å². The summed E-state index contributed by atoms with van der Waals surface area (Å²) >= 11 is 8.03. The molecule has 1 aliphatic heterocycles. The summed E-state index contributed by atoms with van der Waals surface area (Å²) in [5, 5.41) is 4.15. The lowest BCUT2D eigenvalue weighted by Crippen LogP contribution is -2.25. The number of hydrogen-bond donors (Lipinski definition) is 1. The van der Waals surface area contributed by atoms with Crippen LogP contribution >= 0.6 is 23.4 Å². The van der Waals surface area contributed by atoms with Crippen molar-refractivity contribution in [3.05, 3.63) is 82.9 Å². The first-order valence-electron chi connectivity index (χ1n) is 11.8. The third-order valence-corrected chi connectivity index (χ3v) is 7.52. The Labute approximate surface area is 213 Å². The summed E-state index contributed by atoms with van der Waals surface area (Å²) in [6.07, 6.45) is 8.70. The van der Waals surface area contributed by atoms with Gasteiger partial charge in [0.15, 0.2) is 0 Å². The van der Waals surface area contributed by atoms with Gasteiger partial charge >= 0.3 is 0 Å². The molecule has 1 heterocycles. The summed E-state index contributed by atoms with van der Waals surface area (Å²) in [6.45, 7) is 2.75. The van der Waals surface area contributed by atoms with Gasteiger partial charge in [-0.25, -0.2) is 0 Å². The fraction of sp³-hybridized carbons (Fsp3) is 0.310. The fourth-order valence-electron chi connectivity index (χ4n) is 4.54. The second-order valence-corrected chi connectivity index (χ2v) is 10.4. The van der Waals surface area contributed by atoms with Crippen molar-refractivity contribution < 1.29 is 0 Å². The zero-order valence-corrected chi connectivity index (χ0v) is 21.5. The van der Waals surface area contributed by atoms with Crippen molar-refractivity contribution in [2.45, 2.75) is 35.1 Å². The standard InChI is InChI=1S/C17H19ClN2S.C12H13N/c1-19(2)10-5-11-20-14-6-3-4-7-16(14)21-17-9-8-13(18)12-15(17)20;1-2-9-13-12-8-7-10-5-3-4-6-11(10)12/h3-4,6-9,12H,5,10-11H2,1-2H3;1,3-6,12-13H,7-9H2/t;12-/m.1/s1. The number of nitrogens with zero attached hydrogens (tertiary/aromatic N) is 2. The smallest absolute Gasteiger partial charge is 0.0578 e. The number of terminal acetylenes is 1. The molecule has 0 unspecified atom stereocenters. The van der Waals surface area contributed by atoms with Gasteiger partial charge in [-0.1, -0.05) is 65.7 Å². The lowest BCUT2D eigenvalue weighted by atomic mass is 10.1. The molecule has 0 radical (unpaired) electrons. The molecule has 34 heavy (non-hydrogen) atoms. The Hall–Kier alpha value is -2.42. The number of halogens is 1. The largest absolute Gasteiger partial charge is 0.340 e. The summed E-state index contributed by atoms with van der Waals surface area (Å²) in [7, 11) is 4.23. The Kier molecular flexibility index (Phi) is 8.59. The highest BCUT2D eigenvalue weighted by atomic mass is 35.5. The number of para-hydroxylation sites is 1. The normalized spacial score (nSPS) is 15.6. The molecule has 176 valence electrons. The maximum atomic E-state index is 6.21. The minimum Gasteiger partial charge on any atom is -0.340 e. The molecule has 0 saturated carbocycles. The van der Waals surface area contributed by atoms with Crippen LogP contribution in [0.2, 0.25) is 5.02 Å². The lowest BCUT2D eigenvalue weighted by Gasteiger charge is -2.33. The monoisotopic (exact) mass is 489 g/mol. The van der Waals surface area contributed by atoms with E-state index in [0.29, 0.717) is 12.6 Å². The molecule has 2 aliphatic rings. The molecule has 0 aromatic heterocycles. The zero-order valence-electron chi connectivity index (χ0n) is 19.9. The van der Waals surface area contributed by atoms with Crippen molar-refractivity contribution in [1.82, 2.24) is 10.2 Å². The van der Waals surface area contributed by atoms with Gasteiger partial charge in [0.2, 0.25) is 0 Å². The van der Waals surface area contributed by atoms with Gasteiger partial charge in [0.05, 0.1) is 17.9 Å². The van der Waals surface area contributed by atoms with E-state index in [0.717, 1.165) is 24.5 Å². The van der Waals surface area contributed by atoms with E-state index in [4.69, 9.17) is 18.0 Å². The van der Waals surface area contributed by atoms with Crippen LogP contribution in [0.15, 0.2) is 76.5 Å². The summed E-state index contributed by atoms with van der Waals surface area (Å²) < 4.78 is 0. The molecule has 0 amide bonds. The highest BCUT2D eigenvalue weighted by molar-refractivity contribution is 7.99. The molecule has 3 aromatic rings. The van der Waals surface area contributed by atoms with E-state index < -0.39 is 0 Å². The Balaban J connectivity index is 0.000000180. The Bertz CT molecular complexity index is 1150. The number of nitrogens with one attached hydrogen (secondary N) is 1. The highest BCUT2D eigenvalue weighted by Crippen LogP contribution is 2.48. The number of fused-ring (bicyclic) bond motifs is 3. The van der Waals surface area contributed by atoms with Crippen molar-refractivity contribution in [3.63, 3.8) is 0 Å². The van der Waals surface area contributed by atoms with E-state index >= 15 is 0 Å². The third-order valence-electron chi connectivity index (χ3n) is 6.16.